The second-order valence-electron chi connectivity index (χ2n) is 9.60. The van der Waals surface area contributed by atoms with Crippen molar-refractivity contribution in [1.82, 2.24) is 9.80 Å². The van der Waals surface area contributed by atoms with E-state index in [0.717, 1.165) is 23.3 Å². The van der Waals surface area contributed by atoms with Crippen molar-refractivity contribution in [2.75, 3.05) is 26.5 Å². The summed E-state index contributed by atoms with van der Waals surface area (Å²) >= 11 is 1.55. The van der Waals surface area contributed by atoms with Crippen LogP contribution in [0, 0.1) is 17.0 Å². The average molecular weight is 552 g/mol. The number of nitro groups is 1. The summed E-state index contributed by atoms with van der Waals surface area (Å²) in [6.45, 7) is 3.12. The number of fused-ring (bicyclic) bond motifs is 1. The third-order valence-electron chi connectivity index (χ3n) is 6.80. The second-order valence-corrected chi connectivity index (χ2v) is 10.6. The van der Waals surface area contributed by atoms with Crippen LogP contribution in [0.15, 0.2) is 53.9 Å². The van der Waals surface area contributed by atoms with Crippen LogP contribution < -0.4 is 9.47 Å². The maximum Gasteiger partial charge on any atom is 0.273 e. The van der Waals surface area contributed by atoms with Gasteiger partial charge in [-0.25, -0.2) is 0 Å². The Hall–Kier alpha value is -3.96. The molecule has 3 aromatic rings. The van der Waals surface area contributed by atoms with E-state index in [4.69, 9.17) is 14.2 Å². The van der Waals surface area contributed by atoms with Crippen molar-refractivity contribution in [1.29, 1.82) is 0 Å². The average Bonchev–Trinajstić information content (AvgIpc) is 3.71. The van der Waals surface area contributed by atoms with Gasteiger partial charge in [-0.15, -0.1) is 11.3 Å². The van der Waals surface area contributed by atoms with E-state index in [2.05, 4.69) is 0 Å². The third-order valence-corrected chi connectivity index (χ3v) is 7.67. The normalized spacial score (nSPS) is 15.8. The van der Waals surface area contributed by atoms with Crippen LogP contribution in [-0.4, -0.2) is 59.1 Å². The summed E-state index contributed by atoms with van der Waals surface area (Å²) < 4.78 is 16.7. The maximum atomic E-state index is 13.8. The molecule has 1 saturated heterocycles. The Morgan fingerprint density at radius 2 is 1.92 bits per heavy atom. The van der Waals surface area contributed by atoms with E-state index >= 15 is 0 Å². The predicted octanol–water partition coefficient (Wildman–Crippen LogP) is 4.54. The van der Waals surface area contributed by atoms with Crippen molar-refractivity contribution in [3.63, 3.8) is 0 Å². The molecule has 1 unspecified atom stereocenters. The van der Waals surface area contributed by atoms with Gasteiger partial charge in [0.1, 0.15) is 6.54 Å². The summed E-state index contributed by atoms with van der Waals surface area (Å²) in [6.07, 6.45) is 1.47. The molecule has 204 valence electrons. The lowest BCUT2D eigenvalue weighted by Crippen LogP contribution is -2.45. The Morgan fingerprint density at radius 3 is 2.67 bits per heavy atom. The summed E-state index contributed by atoms with van der Waals surface area (Å²) in [6, 6.07) is 13.9. The molecule has 0 aliphatic carbocycles. The van der Waals surface area contributed by atoms with Crippen molar-refractivity contribution in [3.8, 4) is 11.5 Å². The number of nitrogens with zero attached hydrogens (tertiary/aromatic N) is 3. The highest BCUT2D eigenvalue weighted by Gasteiger charge is 2.29. The Kier molecular flexibility index (Phi) is 8.08. The molecule has 5 rings (SSSR count). The van der Waals surface area contributed by atoms with Crippen molar-refractivity contribution in [2.24, 2.45) is 0 Å². The fourth-order valence-electron chi connectivity index (χ4n) is 4.72. The number of carbonyl (C=O) groups is 2. The molecule has 0 spiro atoms. The van der Waals surface area contributed by atoms with Crippen LogP contribution in [0.1, 0.15) is 39.2 Å². The Balaban J connectivity index is 1.39. The zero-order chi connectivity index (χ0) is 27.4. The summed E-state index contributed by atoms with van der Waals surface area (Å²) in [4.78, 5) is 42.6. The van der Waals surface area contributed by atoms with E-state index in [9.17, 15) is 19.7 Å². The molecule has 0 saturated carbocycles. The summed E-state index contributed by atoms with van der Waals surface area (Å²) in [5.74, 6) is 0.609. The topological polar surface area (TPSA) is 111 Å². The van der Waals surface area contributed by atoms with E-state index in [1.54, 1.807) is 35.3 Å². The van der Waals surface area contributed by atoms with Crippen LogP contribution in [0.2, 0.25) is 0 Å². The van der Waals surface area contributed by atoms with Crippen molar-refractivity contribution >= 4 is 28.8 Å². The molecule has 1 aromatic heterocycles. The lowest BCUT2D eigenvalue weighted by Gasteiger charge is -2.29. The SMILES string of the molecule is Cc1ccc(C(=O)N(CC(=O)N(Cc2ccc3c(c2)OCO3)Cc2cccs2)CC2CCCO2)cc1[N+](=O)[O-]. The number of ether oxygens (including phenoxy) is 3. The first kappa shape index (κ1) is 26.6. The van der Waals surface area contributed by atoms with E-state index < -0.39 is 10.8 Å². The predicted molar refractivity (Wildman–Crippen MR) is 144 cm³/mol. The molecule has 0 bridgehead atoms. The molecule has 2 amide bonds. The molecule has 2 aliphatic rings. The number of carbonyl (C=O) groups excluding carboxylic acids is 2. The zero-order valence-corrected chi connectivity index (χ0v) is 22.4. The minimum Gasteiger partial charge on any atom is -0.454 e. The number of hydrogen-bond donors (Lipinski definition) is 0. The highest BCUT2D eigenvalue weighted by Crippen LogP contribution is 2.33. The monoisotopic (exact) mass is 551 g/mol. The lowest BCUT2D eigenvalue weighted by atomic mass is 10.1. The van der Waals surface area contributed by atoms with Gasteiger partial charge in [-0.3, -0.25) is 19.7 Å². The first-order valence-electron chi connectivity index (χ1n) is 12.7. The van der Waals surface area contributed by atoms with Gasteiger partial charge >= 0.3 is 0 Å². The Morgan fingerprint density at radius 1 is 1.08 bits per heavy atom. The van der Waals surface area contributed by atoms with Gasteiger partial charge < -0.3 is 24.0 Å². The minimum atomic E-state index is -0.504. The smallest absolute Gasteiger partial charge is 0.273 e. The number of nitro benzene ring substituents is 1. The number of amides is 2. The zero-order valence-electron chi connectivity index (χ0n) is 21.5. The van der Waals surface area contributed by atoms with Gasteiger partial charge in [0.15, 0.2) is 11.5 Å². The van der Waals surface area contributed by atoms with E-state index in [0.29, 0.717) is 36.8 Å². The number of rotatable bonds is 10. The summed E-state index contributed by atoms with van der Waals surface area (Å²) in [7, 11) is 0. The van der Waals surface area contributed by atoms with Crippen LogP contribution >= 0.6 is 11.3 Å². The molecule has 2 aromatic carbocycles. The molecule has 10 nitrogen and oxygen atoms in total. The molecule has 1 atom stereocenters. The van der Waals surface area contributed by atoms with Crippen LogP contribution in [0.5, 0.6) is 11.5 Å². The van der Waals surface area contributed by atoms with E-state index in [1.165, 1.54) is 11.0 Å². The van der Waals surface area contributed by atoms with Gasteiger partial charge in [-0.05, 0) is 55.0 Å². The van der Waals surface area contributed by atoms with Crippen LogP contribution in [-0.2, 0) is 22.6 Å². The first-order valence-corrected chi connectivity index (χ1v) is 13.6. The second kappa shape index (κ2) is 11.8. The van der Waals surface area contributed by atoms with Crippen molar-refractivity contribution in [3.05, 3.63) is 85.6 Å². The van der Waals surface area contributed by atoms with Gasteiger partial charge in [-0.1, -0.05) is 18.2 Å². The molecular formula is C28H29N3O7S. The van der Waals surface area contributed by atoms with Crippen molar-refractivity contribution < 1.29 is 28.7 Å². The molecule has 39 heavy (non-hydrogen) atoms. The highest BCUT2D eigenvalue weighted by atomic mass is 32.1. The van der Waals surface area contributed by atoms with Crippen molar-refractivity contribution in [2.45, 2.75) is 39.0 Å². The standard InChI is InChI=1S/C28H29N3O7S/c1-19-6-8-21(13-24(19)31(34)35)28(33)30(15-22-4-2-10-36-22)17-27(32)29(16-23-5-3-11-39-23)14-20-7-9-25-26(12-20)38-18-37-25/h3,5-9,11-13,22H,2,4,10,14-18H2,1H3. The fourth-order valence-corrected chi connectivity index (χ4v) is 5.44. The molecule has 0 radical (unpaired) electrons. The van der Waals surface area contributed by atoms with Gasteiger partial charge in [-0.2, -0.15) is 0 Å². The third kappa shape index (κ3) is 6.37. The number of hydrogen-bond acceptors (Lipinski definition) is 8. The highest BCUT2D eigenvalue weighted by molar-refractivity contribution is 7.09. The molecule has 1 fully saturated rings. The van der Waals surface area contributed by atoms with Crippen LogP contribution in [0.3, 0.4) is 0 Å². The molecule has 11 heteroatoms. The van der Waals surface area contributed by atoms with Gasteiger partial charge in [0.2, 0.25) is 12.7 Å². The Bertz CT molecular complexity index is 1360. The van der Waals surface area contributed by atoms with Gasteiger partial charge in [0.05, 0.1) is 17.6 Å². The first-order chi connectivity index (χ1) is 18.9. The quantitative estimate of drug-likeness (QED) is 0.269. The van der Waals surface area contributed by atoms with Crippen LogP contribution in [0.25, 0.3) is 0 Å². The van der Waals surface area contributed by atoms with Gasteiger partial charge in [0, 0.05) is 41.8 Å². The molecule has 2 aliphatic heterocycles. The molecule has 3 heterocycles. The van der Waals surface area contributed by atoms with Crippen LogP contribution in [0.4, 0.5) is 5.69 Å². The Labute approximate surface area is 229 Å². The number of thiophene rings is 1. The minimum absolute atomic E-state index is 0.133. The molecule has 0 N–H and O–H groups in total. The van der Waals surface area contributed by atoms with E-state index in [1.807, 2.05) is 35.7 Å². The summed E-state index contributed by atoms with van der Waals surface area (Å²) in [5, 5.41) is 13.4. The molecular weight excluding hydrogens is 522 g/mol. The number of benzene rings is 2. The summed E-state index contributed by atoms with van der Waals surface area (Å²) in [5.41, 5.74) is 1.37. The number of aryl methyl sites for hydroxylation is 1. The largest absolute Gasteiger partial charge is 0.454 e. The van der Waals surface area contributed by atoms with E-state index in [-0.39, 0.29) is 43.1 Å². The lowest BCUT2D eigenvalue weighted by molar-refractivity contribution is -0.385. The maximum absolute atomic E-state index is 13.8. The fraction of sp³-hybridized carbons (Fsp3) is 0.357. The van der Waals surface area contributed by atoms with Gasteiger partial charge in [0.25, 0.3) is 11.6 Å².